The molecule has 0 aliphatic heterocycles. The molecule has 1 aliphatic rings. The van der Waals surface area contributed by atoms with E-state index in [0.29, 0.717) is 40.2 Å². The molecule has 4 nitrogen and oxygen atoms in total. The molecule has 0 saturated heterocycles. The van der Waals surface area contributed by atoms with Gasteiger partial charge in [-0.15, -0.1) is 0 Å². The third-order valence-electron chi connectivity index (χ3n) is 3.13. The van der Waals surface area contributed by atoms with Gasteiger partial charge in [0.2, 0.25) is 11.8 Å². The third-order valence-corrected chi connectivity index (χ3v) is 3.77. The molecule has 0 atom stereocenters. The normalized spacial score (nSPS) is 14.0. The highest BCUT2D eigenvalue weighted by Crippen LogP contribution is 2.32. The number of anilines is 1. The molecule has 2 aromatic rings. The second-order valence-electron chi connectivity index (χ2n) is 4.98. The summed E-state index contributed by atoms with van der Waals surface area (Å²) in [7, 11) is 0. The van der Waals surface area contributed by atoms with E-state index in [1.54, 1.807) is 24.3 Å². The maximum absolute atomic E-state index is 13.4. The molecular weight excluding hydrogens is 339 g/mol. The lowest BCUT2D eigenvalue weighted by atomic mass is 10.3. The number of nitrogen functional groups attached to an aromatic ring is 1. The van der Waals surface area contributed by atoms with Crippen molar-refractivity contribution in [3.05, 3.63) is 40.6 Å². The molecule has 1 aromatic carbocycles. The number of aromatic nitrogens is 1. The highest BCUT2D eigenvalue weighted by atomic mass is 79.9. The maximum atomic E-state index is 13.4. The van der Waals surface area contributed by atoms with E-state index < -0.39 is 5.82 Å². The zero-order chi connectivity index (χ0) is 14.8. The first-order chi connectivity index (χ1) is 10.1. The Hall–Kier alpha value is -1.82. The number of pyridine rings is 1. The van der Waals surface area contributed by atoms with Gasteiger partial charge in [0.25, 0.3) is 0 Å². The molecule has 1 aliphatic carbocycles. The molecule has 0 radical (unpaired) electrons. The molecule has 3 rings (SSSR count). The van der Waals surface area contributed by atoms with Crippen molar-refractivity contribution in [2.45, 2.75) is 12.8 Å². The predicted octanol–water partition coefficient (Wildman–Crippen LogP) is 4.15. The van der Waals surface area contributed by atoms with Crippen molar-refractivity contribution in [1.29, 1.82) is 0 Å². The van der Waals surface area contributed by atoms with Gasteiger partial charge in [0.05, 0.1) is 16.8 Å². The zero-order valence-electron chi connectivity index (χ0n) is 11.2. The molecule has 0 unspecified atom stereocenters. The standard InChI is InChI=1S/C15H14BrFN2O2/c16-11-4-3-10(7-12(11)17)21-14-6-5-13(18)15(19-14)20-8-9-1-2-9/h3-7,9H,1-2,8,18H2. The van der Waals surface area contributed by atoms with Crippen LogP contribution in [0.25, 0.3) is 0 Å². The first-order valence-corrected chi connectivity index (χ1v) is 7.43. The van der Waals surface area contributed by atoms with E-state index in [0.717, 1.165) is 0 Å². The summed E-state index contributed by atoms with van der Waals surface area (Å²) < 4.78 is 24.9. The van der Waals surface area contributed by atoms with E-state index in [1.165, 1.54) is 18.9 Å². The minimum Gasteiger partial charge on any atom is -0.476 e. The Morgan fingerprint density at radius 3 is 2.81 bits per heavy atom. The SMILES string of the molecule is Nc1ccc(Oc2ccc(Br)c(F)c2)nc1OCC1CC1. The number of nitrogens with zero attached hydrogens (tertiary/aromatic N) is 1. The van der Waals surface area contributed by atoms with Gasteiger partial charge in [-0.05, 0) is 52.9 Å². The molecule has 2 N–H and O–H groups in total. The van der Waals surface area contributed by atoms with Crippen LogP contribution in [0.1, 0.15) is 12.8 Å². The van der Waals surface area contributed by atoms with Crippen molar-refractivity contribution in [3.8, 4) is 17.5 Å². The minimum absolute atomic E-state index is 0.316. The Morgan fingerprint density at radius 2 is 2.10 bits per heavy atom. The summed E-state index contributed by atoms with van der Waals surface area (Å²) in [6.45, 7) is 0.619. The van der Waals surface area contributed by atoms with E-state index in [4.69, 9.17) is 15.2 Å². The molecule has 1 aromatic heterocycles. The van der Waals surface area contributed by atoms with E-state index in [9.17, 15) is 4.39 Å². The lowest BCUT2D eigenvalue weighted by molar-refractivity contribution is 0.286. The number of rotatable bonds is 5. The summed E-state index contributed by atoms with van der Waals surface area (Å²) in [6.07, 6.45) is 2.38. The summed E-state index contributed by atoms with van der Waals surface area (Å²) >= 11 is 3.09. The van der Waals surface area contributed by atoms with Crippen LogP contribution in [0, 0.1) is 11.7 Å². The van der Waals surface area contributed by atoms with Gasteiger partial charge in [-0.3, -0.25) is 0 Å². The van der Waals surface area contributed by atoms with Crippen LogP contribution in [-0.2, 0) is 0 Å². The second-order valence-corrected chi connectivity index (χ2v) is 5.83. The largest absolute Gasteiger partial charge is 0.476 e. The van der Waals surface area contributed by atoms with Gasteiger partial charge in [-0.1, -0.05) is 0 Å². The van der Waals surface area contributed by atoms with Gasteiger partial charge in [0, 0.05) is 12.1 Å². The van der Waals surface area contributed by atoms with Gasteiger partial charge < -0.3 is 15.2 Å². The molecule has 1 saturated carbocycles. The van der Waals surface area contributed by atoms with Gasteiger partial charge in [0.1, 0.15) is 11.6 Å². The van der Waals surface area contributed by atoms with E-state index in [1.807, 2.05) is 0 Å². The van der Waals surface area contributed by atoms with Crippen LogP contribution in [0.5, 0.6) is 17.5 Å². The van der Waals surface area contributed by atoms with E-state index in [-0.39, 0.29) is 0 Å². The van der Waals surface area contributed by atoms with E-state index >= 15 is 0 Å². The van der Waals surface area contributed by atoms with Gasteiger partial charge in [0.15, 0.2) is 0 Å². The van der Waals surface area contributed by atoms with Crippen molar-refractivity contribution in [1.82, 2.24) is 4.98 Å². The summed E-state index contributed by atoms with van der Waals surface area (Å²) in [5.41, 5.74) is 6.29. The number of ether oxygens (including phenoxy) is 2. The molecule has 21 heavy (non-hydrogen) atoms. The number of hydrogen-bond donors (Lipinski definition) is 1. The van der Waals surface area contributed by atoms with Crippen LogP contribution in [0.2, 0.25) is 0 Å². The fourth-order valence-corrected chi connectivity index (χ4v) is 2.00. The smallest absolute Gasteiger partial charge is 0.240 e. The van der Waals surface area contributed by atoms with Crippen LogP contribution in [-0.4, -0.2) is 11.6 Å². The number of nitrogens with two attached hydrogens (primary N) is 1. The van der Waals surface area contributed by atoms with Crippen molar-refractivity contribution in [2.75, 3.05) is 12.3 Å². The van der Waals surface area contributed by atoms with Gasteiger partial charge >= 0.3 is 0 Å². The quantitative estimate of drug-likeness (QED) is 0.878. The Morgan fingerprint density at radius 1 is 1.29 bits per heavy atom. The van der Waals surface area contributed by atoms with Gasteiger partial charge in [-0.25, -0.2) is 4.39 Å². The zero-order valence-corrected chi connectivity index (χ0v) is 12.8. The molecule has 0 spiro atoms. The molecule has 1 fully saturated rings. The van der Waals surface area contributed by atoms with E-state index in [2.05, 4.69) is 20.9 Å². The lowest BCUT2D eigenvalue weighted by Gasteiger charge is -2.10. The molecule has 0 amide bonds. The molecular formula is C15H14BrFN2O2. The molecule has 0 bridgehead atoms. The van der Waals surface area contributed by atoms with Crippen LogP contribution >= 0.6 is 15.9 Å². The van der Waals surface area contributed by atoms with Crippen molar-refractivity contribution < 1.29 is 13.9 Å². The minimum atomic E-state index is -0.395. The van der Waals surface area contributed by atoms with Gasteiger partial charge in [-0.2, -0.15) is 4.98 Å². The summed E-state index contributed by atoms with van der Waals surface area (Å²) in [4.78, 5) is 4.22. The number of benzene rings is 1. The molecule has 1 heterocycles. The van der Waals surface area contributed by atoms with Crippen molar-refractivity contribution in [3.63, 3.8) is 0 Å². The van der Waals surface area contributed by atoms with Crippen LogP contribution in [0.3, 0.4) is 0 Å². The van der Waals surface area contributed by atoms with Crippen LogP contribution in [0.15, 0.2) is 34.8 Å². The monoisotopic (exact) mass is 352 g/mol. The predicted molar refractivity (Wildman–Crippen MR) is 81.0 cm³/mol. The third kappa shape index (κ3) is 3.64. The lowest BCUT2D eigenvalue weighted by Crippen LogP contribution is -2.04. The Labute approximate surface area is 130 Å². The second kappa shape index (κ2) is 5.89. The fourth-order valence-electron chi connectivity index (χ4n) is 1.75. The highest BCUT2D eigenvalue weighted by Gasteiger charge is 2.22. The van der Waals surface area contributed by atoms with Crippen LogP contribution in [0.4, 0.5) is 10.1 Å². The van der Waals surface area contributed by atoms with Crippen LogP contribution < -0.4 is 15.2 Å². The fraction of sp³-hybridized carbons (Fsp3) is 0.267. The first kappa shape index (κ1) is 14.1. The molecule has 6 heteroatoms. The highest BCUT2D eigenvalue weighted by molar-refractivity contribution is 9.10. The average Bonchev–Trinajstić information content (AvgIpc) is 3.28. The maximum Gasteiger partial charge on any atom is 0.240 e. The summed E-state index contributed by atoms with van der Waals surface area (Å²) in [5.74, 6) is 1.25. The number of hydrogen-bond acceptors (Lipinski definition) is 4. The Balaban J connectivity index is 1.74. The number of halogens is 2. The topological polar surface area (TPSA) is 57.4 Å². The first-order valence-electron chi connectivity index (χ1n) is 6.64. The van der Waals surface area contributed by atoms with Crippen molar-refractivity contribution in [2.24, 2.45) is 5.92 Å². The Bertz CT molecular complexity index is 662. The Kier molecular flexibility index (Phi) is 3.96. The average molecular weight is 353 g/mol. The summed E-state index contributed by atoms with van der Waals surface area (Å²) in [5, 5.41) is 0. The summed E-state index contributed by atoms with van der Waals surface area (Å²) in [6, 6.07) is 7.80. The molecule has 110 valence electrons. The van der Waals surface area contributed by atoms with Crippen molar-refractivity contribution >= 4 is 21.6 Å².